The van der Waals surface area contributed by atoms with Crippen molar-refractivity contribution in [1.82, 2.24) is 19.9 Å². The van der Waals surface area contributed by atoms with Gasteiger partial charge in [0.25, 0.3) is 0 Å². The Morgan fingerprint density at radius 3 is 2.68 bits per heavy atom. The minimum atomic E-state index is -0.329. The molecule has 0 atom stereocenters. The highest BCUT2D eigenvalue weighted by atomic mass is 35.5. The fourth-order valence-corrected chi connectivity index (χ4v) is 2.65. The number of carbonyl (C=O) groups is 1. The van der Waals surface area contributed by atoms with Crippen LogP contribution in [0.4, 0.5) is 10.6 Å². The van der Waals surface area contributed by atoms with Crippen molar-refractivity contribution in [3.05, 3.63) is 23.0 Å². The summed E-state index contributed by atoms with van der Waals surface area (Å²) in [5.41, 5.74) is 1.95. The van der Waals surface area contributed by atoms with Gasteiger partial charge in [-0.15, -0.1) is 0 Å². The maximum Gasteiger partial charge on any atom is 0.410 e. The number of ether oxygens (including phenoxy) is 1. The van der Waals surface area contributed by atoms with Crippen LogP contribution in [0.5, 0.6) is 0 Å². The second kappa shape index (κ2) is 6.29. The van der Waals surface area contributed by atoms with Gasteiger partial charge in [0.1, 0.15) is 11.6 Å². The summed E-state index contributed by atoms with van der Waals surface area (Å²) in [5.74, 6) is 0.571. The number of fused-ring (bicyclic) bond motifs is 1. The van der Waals surface area contributed by atoms with Crippen molar-refractivity contribution >= 4 is 34.7 Å². The molecule has 0 radical (unpaired) electrons. The first kappa shape index (κ1) is 17.7. The van der Waals surface area contributed by atoms with E-state index in [-0.39, 0.29) is 17.7 Å². The van der Waals surface area contributed by atoms with Gasteiger partial charge < -0.3 is 14.5 Å². The number of anilines is 1. The van der Waals surface area contributed by atoms with E-state index in [1.165, 1.54) is 0 Å². The first-order chi connectivity index (χ1) is 11.6. The van der Waals surface area contributed by atoms with Crippen LogP contribution in [0.3, 0.4) is 0 Å². The fourth-order valence-electron chi connectivity index (χ4n) is 2.40. The van der Waals surface area contributed by atoms with Gasteiger partial charge >= 0.3 is 6.09 Å². The van der Waals surface area contributed by atoms with E-state index in [4.69, 9.17) is 16.3 Å². The van der Waals surface area contributed by atoms with Crippen LogP contribution in [0, 0.1) is 6.92 Å². The number of hydrogen-bond acceptors (Lipinski definition) is 6. The molecular formula is C17H22ClN5O2. The molecule has 7 nitrogen and oxygen atoms in total. The standard InChI is InChI=1S/C17H22ClN5O2/c1-10-6-12-14(19-7-10)21-15(13(18)20-12)23-8-11(9-23)25-16(24)22(5)17(2,3)4/h6-7,11H,8-9H2,1-5H3. The zero-order valence-electron chi connectivity index (χ0n) is 15.1. The molecule has 25 heavy (non-hydrogen) atoms. The largest absolute Gasteiger partial charge is 0.442 e. The zero-order valence-corrected chi connectivity index (χ0v) is 15.8. The molecule has 0 aliphatic carbocycles. The molecule has 0 spiro atoms. The molecule has 2 aromatic rings. The highest BCUT2D eigenvalue weighted by molar-refractivity contribution is 6.32. The molecule has 0 unspecified atom stereocenters. The van der Waals surface area contributed by atoms with Gasteiger partial charge in [0.05, 0.1) is 13.1 Å². The summed E-state index contributed by atoms with van der Waals surface area (Å²) in [7, 11) is 1.73. The number of amides is 1. The minimum Gasteiger partial charge on any atom is -0.442 e. The SMILES string of the molecule is Cc1cnc2nc(N3CC(OC(=O)N(C)C(C)(C)C)C3)c(Cl)nc2c1. The van der Waals surface area contributed by atoms with Gasteiger partial charge in [-0.25, -0.2) is 19.7 Å². The van der Waals surface area contributed by atoms with Crippen molar-refractivity contribution in [2.75, 3.05) is 25.0 Å². The first-order valence-electron chi connectivity index (χ1n) is 8.14. The molecule has 8 heteroatoms. The van der Waals surface area contributed by atoms with Crippen LogP contribution >= 0.6 is 11.6 Å². The van der Waals surface area contributed by atoms with E-state index in [2.05, 4.69) is 15.0 Å². The Hall–Kier alpha value is -2.15. The Kier molecular flexibility index (Phi) is 4.45. The topological polar surface area (TPSA) is 71.5 Å². The molecule has 0 saturated carbocycles. The predicted molar refractivity (Wildman–Crippen MR) is 97.1 cm³/mol. The van der Waals surface area contributed by atoms with Gasteiger partial charge in [-0.2, -0.15) is 0 Å². The molecule has 1 fully saturated rings. The summed E-state index contributed by atoms with van der Waals surface area (Å²) in [5, 5.41) is 0.330. The maximum absolute atomic E-state index is 12.1. The number of pyridine rings is 1. The average molecular weight is 364 g/mol. The van der Waals surface area contributed by atoms with Gasteiger partial charge in [0.2, 0.25) is 0 Å². The second-order valence-electron chi connectivity index (χ2n) is 7.33. The third-order valence-electron chi connectivity index (χ3n) is 4.29. The highest BCUT2D eigenvalue weighted by Gasteiger charge is 2.35. The molecule has 0 aromatic carbocycles. The van der Waals surface area contributed by atoms with Crippen LogP contribution in [0.15, 0.2) is 12.3 Å². The van der Waals surface area contributed by atoms with Crippen LogP contribution in [-0.4, -0.2) is 57.7 Å². The van der Waals surface area contributed by atoms with Crippen LogP contribution in [-0.2, 0) is 4.74 Å². The van der Waals surface area contributed by atoms with E-state index in [0.29, 0.717) is 35.2 Å². The van der Waals surface area contributed by atoms with Gasteiger partial charge in [0, 0.05) is 18.8 Å². The van der Waals surface area contributed by atoms with E-state index < -0.39 is 0 Å². The Bertz CT molecular complexity index is 815. The second-order valence-corrected chi connectivity index (χ2v) is 7.69. The van der Waals surface area contributed by atoms with Gasteiger partial charge in [-0.05, 0) is 39.3 Å². The predicted octanol–water partition coefficient (Wildman–Crippen LogP) is 3.04. The monoisotopic (exact) mass is 363 g/mol. The van der Waals surface area contributed by atoms with E-state index in [1.807, 2.05) is 38.7 Å². The molecule has 2 aromatic heterocycles. The molecular weight excluding hydrogens is 342 g/mol. The summed E-state index contributed by atoms with van der Waals surface area (Å²) >= 11 is 6.27. The van der Waals surface area contributed by atoms with Gasteiger partial charge in [-0.3, -0.25) is 0 Å². The molecule has 1 aliphatic heterocycles. The number of nitrogens with zero attached hydrogens (tertiary/aromatic N) is 5. The van der Waals surface area contributed by atoms with Gasteiger partial charge in [0.15, 0.2) is 16.6 Å². The lowest BCUT2D eigenvalue weighted by atomic mass is 10.1. The summed E-state index contributed by atoms with van der Waals surface area (Å²) < 4.78 is 5.51. The number of aromatic nitrogens is 3. The van der Waals surface area contributed by atoms with Crippen molar-refractivity contribution in [2.45, 2.75) is 39.3 Å². The van der Waals surface area contributed by atoms with E-state index in [9.17, 15) is 4.79 Å². The lowest BCUT2D eigenvalue weighted by Gasteiger charge is -2.41. The first-order valence-corrected chi connectivity index (χ1v) is 8.52. The van der Waals surface area contributed by atoms with Crippen LogP contribution in [0.1, 0.15) is 26.3 Å². The fraction of sp³-hybridized carbons (Fsp3) is 0.529. The number of hydrogen-bond donors (Lipinski definition) is 0. The molecule has 1 saturated heterocycles. The van der Waals surface area contributed by atoms with Crippen molar-refractivity contribution < 1.29 is 9.53 Å². The lowest BCUT2D eigenvalue weighted by molar-refractivity contribution is 0.0365. The number of carbonyl (C=O) groups excluding carboxylic acids is 1. The zero-order chi connectivity index (χ0) is 18.4. The molecule has 3 rings (SSSR count). The number of rotatable bonds is 2. The van der Waals surface area contributed by atoms with E-state index >= 15 is 0 Å². The normalized spacial score (nSPS) is 15.2. The number of halogens is 1. The summed E-state index contributed by atoms with van der Waals surface area (Å²) in [6.45, 7) is 8.89. The highest BCUT2D eigenvalue weighted by Crippen LogP contribution is 2.29. The Morgan fingerprint density at radius 2 is 2.04 bits per heavy atom. The molecule has 1 aliphatic rings. The summed E-state index contributed by atoms with van der Waals surface area (Å²) in [6, 6.07) is 1.90. The van der Waals surface area contributed by atoms with Crippen LogP contribution in [0.25, 0.3) is 11.2 Å². The summed E-state index contributed by atoms with van der Waals surface area (Å²) in [4.78, 5) is 28.8. The quantitative estimate of drug-likeness (QED) is 0.816. The molecule has 3 heterocycles. The maximum atomic E-state index is 12.1. The van der Waals surface area contributed by atoms with Crippen LogP contribution in [0.2, 0.25) is 5.15 Å². The van der Waals surface area contributed by atoms with Gasteiger partial charge in [-0.1, -0.05) is 11.6 Å². The molecule has 0 bridgehead atoms. The van der Waals surface area contributed by atoms with E-state index in [1.54, 1.807) is 18.1 Å². The Balaban J connectivity index is 1.67. The lowest BCUT2D eigenvalue weighted by Crippen LogP contribution is -2.55. The third-order valence-corrected chi connectivity index (χ3v) is 4.55. The van der Waals surface area contributed by atoms with Crippen molar-refractivity contribution in [3.63, 3.8) is 0 Å². The Morgan fingerprint density at radius 1 is 1.36 bits per heavy atom. The third kappa shape index (κ3) is 3.61. The van der Waals surface area contributed by atoms with Crippen molar-refractivity contribution in [3.8, 4) is 0 Å². The molecule has 1 amide bonds. The minimum absolute atomic E-state index is 0.183. The molecule has 0 N–H and O–H groups in total. The smallest absolute Gasteiger partial charge is 0.410 e. The summed E-state index contributed by atoms with van der Waals surface area (Å²) in [6.07, 6.45) is 1.24. The van der Waals surface area contributed by atoms with Crippen molar-refractivity contribution in [2.24, 2.45) is 0 Å². The average Bonchev–Trinajstić information content (AvgIpc) is 2.48. The van der Waals surface area contributed by atoms with Crippen molar-refractivity contribution in [1.29, 1.82) is 0 Å². The number of aryl methyl sites for hydroxylation is 1. The molecule has 134 valence electrons. The van der Waals surface area contributed by atoms with E-state index in [0.717, 1.165) is 5.56 Å². The Labute approximate surface area is 152 Å². The van der Waals surface area contributed by atoms with Crippen LogP contribution < -0.4 is 4.90 Å².